The first-order valence-electron chi connectivity index (χ1n) is 22.7. The zero-order valence-corrected chi connectivity index (χ0v) is 38.1. The van der Waals surface area contributed by atoms with Gasteiger partial charge in [-0.05, 0) is 96.0 Å². The number of hydrogen-bond donors (Lipinski definition) is 2. The van der Waals surface area contributed by atoms with Crippen LogP contribution in [0, 0.1) is 5.92 Å². The monoisotopic (exact) mass is 902 g/mol. The molecule has 3 amide bonds. The summed E-state index contributed by atoms with van der Waals surface area (Å²) in [5.41, 5.74) is 5.63. The topological polar surface area (TPSA) is 141 Å². The van der Waals surface area contributed by atoms with Gasteiger partial charge in [-0.15, -0.1) is 5.10 Å². The fraction of sp³-hybridized carbons (Fsp3) is 0.204. The summed E-state index contributed by atoms with van der Waals surface area (Å²) in [5, 5.41) is 23.5. The summed E-state index contributed by atoms with van der Waals surface area (Å²) in [6.45, 7) is 6.38. The van der Waals surface area contributed by atoms with Crippen LogP contribution < -0.4 is 14.7 Å². The summed E-state index contributed by atoms with van der Waals surface area (Å²) in [5.74, 6) is -0.948. The molecule has 7 aromatic carbocycles. The number of amides is 3. The second-order valence-electron chi connectivity index (χ2n) is 18.8. The Balaban J connectivity index is 0.906. The second kappa shape index (κ2) is 15.1. The normalized spacial score (nSPS) is 21.2. The fourth-order valence-corrected chi connectivity index (χ4v) is 14.1. The van der Waals surface area contributed by atoms with Crippen LogP contribution in [-0.2, 0) is 28.2 Å². The first-order chi connectivity index (χ1) is 32.4. The van der Waals surface area contributed by atoms with Crippen molar-refractivity contribution in [2.24, 2.45) is 5.92 Å². The van der Waals surface area contributed by atoms with Gasteiger partial charge in [-0.3, -0.25) is 28.9 Å². The van der Waals surface area contributed by atoms with Gasteiger partial charge in [0, 0.05) is 45.7 Å². The van der Waals surface area contributed by atoms with Crippen molar-refractivity contribution in [2.75, 3.05) is 14.7 Å². The molecule has 5 heterocycles. The fourth-order valence-electron chi connectivity index (χ4n) is 11.5. The van der Waals surface area contributed by atoms with E-state index in [2.05, 4.69) is 10.3 Å². The van der Waals surface area contributed by atoms with Crippen molar-refractivity contribution < 1.29 is 29.0 Å². The summed E-state index contributed by atoms with van der Waals surface area (Å²) in [4.78, 5) is 61.1. The third kappa shape index (κ3) is 6.19. The minimum atomic E-state index is -3.05. The molecule has 8 aromatic rings. The molecule has 1 aromatic heterocycles. The van der Waals surface area contributed by atoms with E-state index in [4.69, 9.17) is 4.74 Å². The Morgan fingerprint density at radius 3 is 1.94 bits per heavy atom. The van der Waals surface area contributed by atoms with Crippen LogP contribution in [0.4, 0.5) is 28.4 Å². The molecule has 332 valence electrons. The number of fused-ring (bicyclic) bond motifs is 2. The van der Waals surface area contributed by atoms with Gasteiger partial charge in [0.2, 0.25) is 0 Å². The zero-order valence-electron chi connectivity index (χ0n) is 37.1. The second-order valence-corrected chi connectivity index (χ2v) is 22.7. The van der Waals surface area contributed by atoms with Crippen molar-refractivity contribution in [1.82, 2.24) is 15.0 Å². The van der Waals surface area contributed by atoms with E-state index in [1.165, 1.54) is 0 Å². The molecule has 5 atom stereocenters. The quantitative estimate of drug-likeness (QED) is 0.129. The van der Waals surface area contributed by atoms with E-state index in [9.17, 15) is 19.5 Å². The number of aromatic nitrogens is 3. The molecule has 4 aliphatic heterocycles. The largest absolute Gasteiger partial charge is 0.432 e. The van der Waals surface area contributed by atoms with Gasteiger partial charge in [0.1, 0.15) is 11.8 Å². The van der Waals surface area contributed by atoms with Crippen molar-refractivity contribution in [1.29, 1.82) is 0 Å². The minimum absolute atomic E-state index is 0.0855. The predicted molar refractivity (Wildman–Crippen MR) is 259 cm³/mol. The highest BCUT2D eigenvalue weighted by Crippen LogP contribution is 2.61. The predicted octanol–water partition coefficient (Wildman–Crippen LogP) is 9.68. The van der Waals surface area contributed by atoms with Gasteiger partial charge in [-0.25, -0.2) is 0 Å². The van der Waals surface area contributed by atoms with E-state index < -0.39 is 32.0 Å². The maximum Gasteiger partial charge on any atom is 0.264 e. The van der Waals surface area contributed by atoms with E-state index in [0.29, 0.717) is 52.3 Å². The number of ether oxygens (including phenoxy) is 1. The van der Waals surface area contributed by atoms with Crippen LogP contribution >= 0.6 is 0 Å². The Kier molecular flexibility index (Phi) is 9.29. The van der Waals surface area contributed by atoms with Crippen molar-refractivity contribution in [3.05, 3.63) is 185 Å². The number of aliphatic hydroxyl groups excluding tert-OH is 1. The number of nitrogens with zero attached hydrogens (tertiary/aromatic N) is 6. The lowest BCUT2D eigenvalue weighted by molar-refractivity contribution is -0.146. The summed E-state index contributed by atoms with van der Waals surface area (Å²) in [6.07, 6.45) is 0.642. The number of hydrogen-bond acceptors (Lipinski definition) is 8. The molecule has 1 saturated heterocycles. The number of rotatable bonds is 10. The van der Waals surface area contributed by atoms with Crippen molar-refractivity contribution in [3.63, 3.8) is 0 Å². The van der Waals surface area contributed by atoms with Crippen LogP contribution in [0.2, 0.25) is 18.6 Å². The van der Waals surface area contributed by atoms with E-state index >= 15 is 4.79 Å². The lowest BCUT2D eigenvalue weighted by atomic mass is 9.82. The summed E-state index contributed by atoms with van der Waals surface area (Å²) in [7, 11) is -3.05. The number of benzene rings is 7. The van der Waals surface area contributed by atoms with Gasteiger partial charge in [-0.1, -0.05) is 103 Å². The molecule has 0 radical (unpaired) electrons. The molecule has 0 unspecified atom stereocenters. The maximum atomic E-state index is 15.6. The Hall–Kier alpha value is -7.29. The van der Waals surface area contributed by atoms with Gasteiger partial charge < -0.3 is 19.5 Å². The zero-order chi connectivity index (χ0) is 45.9. The summed E-state index contributed by atoms with van der Waals surface area (Å²) >= 11 is 0. The molecular formula is C54H46N6O6Si. The minimum Gasteiger partial charge on any atom is -0.432 e. The molecular weight excluding hydrogens is 857 g/mol. The lowest BCUT2D eigenvalue weighted by Gasteiger charge is -2.32. The van der Waals surface area contributed by atoms with Crippen LogP contribution in [0.15, 0.2) is 152 Å². The molecule has 0 bridgehead atoms. The molecule has 0 aliphatic carbocycles. The Labute approximate surface area is 387 Å². The number of aryl methyl sites for hydroxylation is 1. The van der Waals surface area contributed by atoms with E-state index in [1.54, 1.807) is 25.6 Å². The first-order valence-corrected chi connectivity index (χ1v) is 25.8. The van der Waals surface area contributed by atoms with Crippen LogP contribution in [0.5, 0.6) is 0 Å². The van der Waals surface area contributed by atoms with Gasteiger partial charge in [0.15, 0.2) is 13.9 Å². The van der Waals surface area contributed by atoms with Crippen LogP contribution in [0.3, 0.4) is 0 Å². The van der Waals surface area contributed by atoms with Gasteiger partial charge in [0.25, 0.3) is 17.7 Å². The van der Waals surface area contributed by atoms with Crippen molar-refractivity contribution >= 4 is 76.0 Å². The van der Waals surface area contributed by atoms with Gasteiger partial charge in [-0.2, -0.15) is 0 Å². The number of anilines is 5. The molecule has 0 saturated carbocycles. The smallest absolute Gasteiger partial charge is 0.264 e. The summed E-state index contributed by atoms with van der Waals surface area (Å²) in [6, 6.07) is 46.2. The Morgan fingerprint density at radius 1 is 0.716 bits per heavy atom. The SMILES string of the molecule is C[C@@H]1[C@@H]([Si](C)(C)O)[C@H](CCn2cc([C@H](O)c3ccccc3)nn2)O[C@@]12C(=O)N(Cc1ccc(N3C(=O)c4cccc5cccc3c45)cc1)c1ccc(N3C(=O)c4cccc5cccc3c45)cc12. The average Bonchev–Trinajstić information content (AvgIpc) is 4.13. The van der Waals surface area contributed by atoms with E-state index in [-0.39, 0.29) is 29.8 Å². The van der Waals surface area contributed by atoms with Gasteiger partial charge >= 0.3 is 0 Å². The van der Waals surface area contributed by atoms with Crippen LogP contribution in [-0.4, -0.2) is 57.0 Å². The molecule has 12 rings (SSSR count). The van der Waals surface area contributed by atoms with Crippen LogP contribution in [0.1, 0.15) is 62.5 Å². The van der Waals surface area contributed by atoms with Crippen LogP contribution in [0.25, 0.3) is 21.5 Å². The number of carbonyl (C=O) groups is 3. The number of carbonyl (C=O) groups excluding carboxylic acids is 3. The highest BCUT2D eigenvalue weighted by atomic mass is 28.4. The average molecular weight is 903 g/mol. The molecule has 1 fully saturated rings. The van der Waals surface area contributed by atoms with Crippen molar-refractivity contribution in [3.8, 4) is 0 Å². The highest BCUT2D eigenvalue weighted by molar-refractivity contribution is 6.71. The molecule has 67 heavy (non-hydrogen) atoms. The van der Waals surface area contributed by atoms with E-state index in [1.807, 2.05) is 166 Å². The maximum absolute atomic E-state index is 15.6. The molecule has 2 N–H and O–H groups in total. The summed E-state index contributed by atoms with van der Waals surface area (Å²) < 4.78 is 8.93. The lowest BCUT2D eigenvalue weighted by Crippen LogP contribution is -2.46. The third-order valence-electron chi connectivity index (χ3n) is 14.5. The van der Waals surface area contributed by atoms with Gasteiger partial charge in [0.05, 0.1) is 47.0 Å². The highest BCUT2D eigenvalue weighted by Gasteiger charge is 2.66. The molecule has 13 heteroatoms. The van der Waals surface area contributed by atoms with Crippen molar-refractivity contribution in [2.45, 2.75) is 62.9 Å². The number of aliphatic hydroxyl groups is 1. The Morgan fingerprint density at radius 2 is 1.31 bits per heavy atom. The molecule has 4 aliphatic rings. The van der Waals surface area contributed by atoms with E-state index in [0.717, 1.165) is 44.2 Å². The molecule has 12 nitrogen and oxygen atoms in total. The Bertz CT molecular complexity index is 3340. The standard InChI is InChI=1S/C54H46N6O6Si/c1-32-50(67(2,3)65)46(27-28-57-31-42(55-56-57)49(61)36-11-5-4-6-12-36)66-54(32)41-29-38(60-45-20-10-16-35-14-8-18-40(48(35)45)52(60)63)25-26-43(41)58(53(54)64)30-33-21-23-37(24-22-33)59-44-19-9-15-34-13-7-17-39(47(34)44)51(59)62/h4-26,29,31-32,46,49-50,61,65H,27-28,30H2,1-3H3/t32-,46+,49-,50-,54+/m1/s1. The molecule has 1 spiro atoms. The first kappa shape index (κ1) is 41.2. The third-order valence-corrected chi connectivity index (χ3v) is 17.0.